The Kier molecular flexibility index (Phi) is 14.6. The van der Waals surface area contributed by atoms with Crippen molar-refractivity contribution in [2.75, 3.05) is 44.3 Å². The van der Waals surface area contributed by atoms with Crippen LogP contribution in [0.2, 0.25) is 0 Å². The molecule has 0 unspecified atom stereocenters. The van der Waals surface area contributed by atoms with Crippen LogP contribution in [0.5, 0.6) is 0 Å². The molecule has 0 atom stereocenters. The van der Waals surface area contributed by atoms with E-state index < -0.39 is 0 Å². The van der Waals surface area contributed by atoms with Gasteiger partial charge >= 0.3 is 5.97 Å². The number of rotatable bonds is 16. The van der Waals surface area contributed by atoms with Crippen LogP contribution in [0.4, 0.5) is 11.4 Å². The highest BCUT2D eigenvalue weighted by atomic mass is 35.5. The van der Waals surface area contributed by atoms with Gasteiger partial charge in [-0.15, -0.1) is 12.4 Å². The lowest BCUT2D eigenvalue weighted by Gasteiger charge is -2.35. The van der Waals surface area contributed by atoms with Crippen LogP contribution in [0, 0.1) is 0 Å². The van der Waals surface area contributed by atoms with Crippen LogP contribution in [0.3, 0.4) is 0 Å². The highest BCUT2D eigenvalue weighted by molar-refractivity contribution is 7.99. The number of carbonyl (C=O) groups is 1. The fourth-order valence-electron chi connectivity index (χ4n) is 5.44. The molecular formula is C32H47ClN2O3S. The number of piperidine rings is 1. The summed E-state index contributed by atoms with van der Waals surface area (Å²) in [5.74, 6) is -0.0745. The van der Waals surface area contributed by atoms with Crippen molar-refractivity contribution in [1.82, 2.24) is 4.90 Å². The van der Waals surface area contributed by atoms with Gasteiger partial charge in [0, 0.05) is 35.8 Å². The molecular weight excluding hydrogens is 528 g/mol. The minimum atomic E-state index is -0.0745. The Labute approximate surface area is 246 Å². The number of carbonyl (C=O) groups excluding carboxylic acids is 1. The van der Waals surface area contributed by atoms with E-state index in [4.69, 9.17) is 9.47 Å². The number of esters is 1. The van der Waals surface area contributed by atoms with E-state index in [0.29, 0.717) is 19.6 Å². The van der Waals surface area contributed by atoms with Crippen molar-refractivity contribution in [2.45, 2.75) is 93.4 Å². The third-order valence-electron chi connectivity index (χ3n) is 7.61. The molecule has 2 heterocycles. The first kappa shape index (κ1) is 31.8. The van der Waals surface area contributed by atoms with Crippen LogP contribution < -0.4 is 4.90 Å². The smallest absolute Gasteiger partial charge is 0.305 e. The quantitative estimate of drug-likeness (QED) is 0.148. The lowest BCUT2D eigenvalue weighted by atomic mass is 10.1. The zero-order valence-corrected chi connectivity index (χ0v) is 25.3. The molecule has 4 rings (SSSR count). The Morgan fingerprint density at radius 1 is 0.821 bits per heavy atom. The van der Waals surface area contributed by atoms with E-state index in [-0.39, 0.29) is 24.5 Å². The maximum Gasteiger partial charge on any atom is 0.305 e. The number of para-hydroxylation sites is 2. The Morgan fingerprint density at radius 3 is 2.10 bits per heavy atom. The van der Waals surface area contributed by atoms with Crippen molar-refractivity contribution in [3.63, 3.8) is 0 Å². The van der Waals surface area contributed by atoms with Gasteiger partial charge in [-0.1, -0.05) is 81.5 Å². The zero-order chi connectivity index (χ0) is 26.4. The topological polar surface area (TPSA) is 42.0 Å². The van der Waals surface area contributed by atoms with Gasteiger partial charge in [0.25, 0.3) is 0 Å². The number of hydrogen-bond donors (Lipinski definition) is 0. The van der Waals surface area contributed by atoms with Gasteiger partial charge in [-0.2, -0.15) is 0 Å². The molecule has 39 heavy (non-hydrogen) atoms. The standard InChI is InChI=1S/C32H46N2O3S.ClH/c1-2-3-4-5-6-7-8-18-32(35)37-26-25-36-27-19-23-33(24-20-27)21-13-22-34-28-14-9-11-16-30(28)38-31-17-12-10-15-29(31)34;/h9-12,14-17,27H,2-8,13,18-26H2,1H3;1H. The van der Waals surface area contributed by atoms with E-state index in [9.17, 15) is 4.79 Å². The molecule has 0 N–H and O–H groups in total. The number of nitrogens with zero attached hydrogens (tertiary/aromatic N) is 2. The molecule has 0 spiro atoms. The minimum Gasteiger partial charge on any atom is -0.463 e. The SMILES string of the molecule is CCCCCCCCCC(=O)OCCOC1CCN(CCCN2c3ccccc3Sc3ccccc32)CC1.Cl. The van der Waals surface area contributed by atoms with E-state index in [1.807, 2.05) is 11.8 Å². The van der Waals surface area contributed by atoms with Gasteiger partial charge in [0.1, 0.15) is 6.61 Å². The van der Waals surface area contributed by atoms with Crippen LogP contribution in [0.15, 0.2) is 58.3 Å². The number of hydrogen-bond acceptors (Lipinski definition) is 6. The summed E-state index contributed by atoms with van der Waals surface area (Å²) >= 11 is 1.87. The summed E-state index contributed by atoms with van der Waals surface area (Å²) in [5.41, 5.74) is 2.65. The fraction of sp³-hybridized carbons (Fsp3) is 0.594. The van der Waals surface area contributed by atoms with Crippen LogP contribution in [-0.2, 0) is 14.3 Å². The Hall–Kier alpha value is -1.73. The van der Waals surface area contributed by atoms with Crippen LogP contribution in [0.1, 0.15) is 77.6 Å². The van der Waals surface area contributed by atoms with Crippen LogP contribution in [0.25, 0.3) is 0 Å². The van der Waals surface area contributed by atoms with E-state index in [2.05, 4.69) is 65.3 Å². The van der Waals surface area contributed by atoms with Gasteiger partial charge in [0.15, 0.2) is 0 Å². The fourth-order valence-corrected chi connectivity index (χ4v) is 6.54. The molecule has 2 aliphatic heterocycles. The third kappa shape index (κ3) is 10.3. The summed E-state index contributed by atoms with van der Waals surface area (Å²) < 4.78 is 11.4. The molecule has 216 valence electrons. The highest BCUT2D eigenvalue weighted by Gasteiger charge is 2.23. The minimum absolute atomic E-state index is 0. The molecule has 0 aromatic heterocycles. The Morgan fingerprint density at radius 2 is 1.44 bits per heavy atom. The lowest BCUT2D eigenvalue weighted by Crippen LogP contribution is -2.38. The summed E-state index contributed by atoms with van der Waals surface area (Å²) in [6.07, 6.45) is 12.6. The zero-order valence-electron chi connectivity index (χ0n) is 23.7. The van der Waals surface area contributed by atoms with Crippen molar-refractivity contribution in [3.05, 3.63) is 48.5 Å². The number of likely N-dealkylation sites (tertiary alicyclic amines) is 1. The van der Waals surface area contributed by atoms with Crippen molar-refractivity contribution in [2.24, 2.45) is 0 Å². The van der Waals surface area contributed by atoms with Crippen LogP contribution in [-0.4, -0.2) is 56.4 Å². The molecule has 7 heteroatoms. The number of benzene rings is 2. The molecule has 2 aliphatic rings. The summed E-state index contributed by atoms with van der Waals surface area (Å²) in [4.78, 5) is 19.7. The average molecular weight is 575 g/mol. The van der Waals surface area contributed by atoms with Crippen molar-refractivity contribution in [3.8, 4) is 0 Å². The second-order valence-electron chi connectivity index (χ2n) is 10.5. The van der Waals surface area contributed by atoms with Crippen molar-refractivity contribution < 1.29 is 14.3 Å². The monoisotopic (exact) mass is 574 g/mol. The van der Waals surface area contributed by atoms with E-state index in [1.165, 1.54) is 53.3 Å². The molecule has 0 amide bonds. The first-order valence-corrected chi connectivity index (χ1v) is 15.7. The summed E-state index contributed by atoms with van der Waals surface area (Å²) in [6.45, 7) is 7.41. The van der Waals surface area contributed by atoms with E-state index >= 15 is 0 Å². The van der Waals surface area contributed by atoms with Crippen LogP contribution >= 0.6 is 24.2 Å². The molecule has 0 radical (unpaired) electrons. The summed E-state index contributed by atoms with van der Waals surface area (Å²) in [7, 11) is 0. The molecule has 1 fully saturated rings. The van der Waals surface area contributed by atoms with Gasteiger partial charge in [-0.3, -0.25) is 4.79 Å². The Bertz CT molecular complexity index is 938. The largest absolute Gasteiger partial charge is 0.463 e. The molecule has 5 nitrogen and oxygen atoms in total. The number of anilines is 2. The first-order valence-electron chi connectivity index (χ1n) is 14.9. The molecule has 2 aromatic carbocycles. The van der Waals surface area contributed by atoms with Gasteiger partial charge in [-0.25, -0.2) is 0 Å². The predicted molar refractivity (Wildman–Crippen MR) is 165 cm³/mol. The molecule has 2 aromatic rings. The third-order valence-corrected chi connectivity index (χ3v) is 8.74. The van der Waals surface area contributed by atoms with Gasteiger partial charge in [-0.05, 0) is 56.5 Å². The second kappa shape index (κ2) is 17.9. The first-order chi connectivity index (χ1) is 18.7. The number of ether oxygens (including phenoxy) is 2. The number of fused-ring (bicyclic) bond motifs is 2. The van der Waals surface area contributed by atoms with E-state index in [1.54, 1.807) is 0 Å². The number of unbranched alkanes of at least 4 members (excludes halogenated alkanes) is 6. The number of halogens is 1. The second-order valence-corrected chi connectivity index (χ2v) is 11.6. The maximum atomic E-state index is 11.9. The molecule has 1 saturated heterocycles. The predicted octanol–water partition coefficient (Wildman–Crippen LogP) is 8.27. The van der Waals surface area contributed by atoms with Gasteiger partial charge in [0.2, 0.25) is 0 Å². The normalized spacial score (nSPS) is 15.4. The molecule has 0 aliphatic carbocycles. The maximum absolute atomic E-state index is 11.9. The van der Waals surface area contributed by atoms with Crippen molar-refractivity contribution >= 4 is 41.5 Å². The van der Waals surface area contributed by atoms with E-state index in [0.717, 1.165) is 58.3 Å². The highest BCUT2D eigenvalue weighted by Crippen LogP contribution is 2.47. The summed E-state index contributed by atoms with van der Waals surface area (Å²) in [6, 6.07) is 17.5. The van der Waals surface area contributed by atoms with Crippen molar-refractivity contribution in [1.29, 1.82) is 0 Å². The lowest BCUT2D eigenvalue weighted by molar-refractivity contribution is -0.146. The summed E-state index contributed by atoms with van der Waals surface area (Å²) in [5, 5.41) is 0. The van der Waals surface area contributed by atoms with Gasteiger partial charge in [0.05, 0.1) is 24.1 Å². The average Bonchev–Trinajstić information content (AvgIpc) is 2.95. The van der Waals surface area contributed by atoms with Gasteiger partial charge < -0.3 is 19.3 Å². The molecule has 0 bridgehead atoms. The molecule has 0 saturated carbocycles. The Balaban J connectivity index is 0.00000420.